The highest BCUT2D eigenvalue weighted by Gasteiger charge is 2.21. The fourth-order valence-corrected chi connectivity index (χ4v) is 2.61. The number of nitrogens with two attached hydrogens (primary N) is 1. The summed E-state index contributed by atoms with van der Waals surface area (Å²) >= 11 is 0. The molecule has 1 aliphatic carbocycles. The van der Waals surface area contributed by atoms with Crippen LogP contribution in [0.3, 0.4) is 0 Å². The maximum atomic E-state index is 5.94. The van der Waals surface area contributed by atoms with Gasteiger partial charge < -0.3 is 11.1 Å². The van der Waals surface area contributed by atoms with Crippen molar-refractivity contribution in [2.24, 2.45) is 5.73 Å². The Morgan fingerprint density at radius 3 is 3.00 bits per heavy atom. The van der Waals surface area contributed by atoms with Gasteiger partial charge in [0.1, 0.15) is 0 Å². The van der Waals surface area contributed by atoms with Crippen LogP contribution in [0.5, 0.6) is 0 Å². The van der Waals surface area contributed by atoms with Gasteiger partial charge in [-0.3, -0.25) is 4.98 Å². The van der Waals surface area contributed by atoms with Crippen LogP contribution in [0.1, 0.15) is 19.3 Å². The number of hydrogen-bond donors (Lipinski definition) is 2. The smallest absolute Gasteiger partial charge is 0.0437 e. The standard InChI is InChI=1S/C14H17N3/c15-11-4-5-12(8-11)17-14-3-1-2-10-6-7-16-9-13(10)14/h1-3,6-7,9,11-12,17H,4-5,8,15H2. The third-order valence-electron chi connectivity index (χ3n) is 3.52. The molecular weight excluding hydrogens is 210 g/mol. The molecule has 3 nitrogen and oxygen atoms in total. The zero-order valence-electron chi connectivity index (χ0n) is 9.76. The number of rotatable bonds is 2. The first-order valence-electron chi connectivity index (χ1n) is 6.18. The molecule has 2 atom stereocenters. The predicted octanol–water partition coefficient (Wildman–Crippen LogP) is 2.53. The van der Waals surface area contributed by atoms with E-state index in [1.807, 2.05) is 18.5 Å². The lowest BCUT2D eigenvalue weighted by atomic mass is 10.1. The minimum atomic E-state index is 0.362. The minimum Gasteiger partial charge on any atom is -0.382 e. The second-order valence-electron chi connectivity index (χ2n) is 4.82. The highest BCUT2D eigenvalue weighted by atomic mass is 14.9. The van der Waals surface area contributed by atoms with Crippen molar-refractivity contribution in [2.75, 3.05) is 5.32 Å². The van der Waals surface area contributed by atoms with Gasteiger partial charge in [0.15, 0.2) is 0 Å². The summed E-state index contributed by atoms with van der Waals surface area (Å²) in [6, 6.07) is 9.23. The Balaban J connectivity index is 1.90. The summed E-state index contributed by atoms with van der Waals surface area (Å²) in [6.07, 6.45) is 7.11. The van der Waals surface area contributed by atoms with Gasteiger partial charge >= 0.3 is 0 Å². The molecule has 0 bridgehead atoms. The van der Waals surface area contributed by atoms with Gasteiger partial charge in [-0.15, -0.1) is 0 Å². The second-order valence-corrected chi connectivity index (χ2v) is 4.82. The highest BCUT2D eigenvalue weighted by Crippen LogP contribution is 2.26. The van der Waals surface area contributed by atoms with Crippen LogP contribution in [0.25, 0.3) is 10.8 Å². The molecule has 0 radical (unpaired) electrons. The molecule has 2 aromatic rings. The lowest BCUT2D eigenvalue weighted by Gasteiger charge is -2.15. The molecule has 1 aromatic carbocycles. The SMILES string of the molecule is NC1CCC(Nc2cccc3ccncc23)C1. The van der Waals surface area contributed by atoms with Crippen LogP contribution < -0.4 is 11.1 Å². The molecule has 1 heterocycles. The maximum Gasteiger partial charge on any atom is 0.0437 e. The van der Waals surface area contributed by atoms with Gasteiger partial charge in [-0.1, -0.05) is 12.1 Å². The number of benzene rings is 1. The van der Waals surface area contributed by atoms with E-state index in [1.165, 1.54) is 16.5 Å². The Morgan fingerprint density at radius 2 is 2.18 bits per heavy atom. The molecule has 1 aromatic heterocycles. The van der Waals surface area contributed by atoms with E-state index < -0.39 is 0 Å². The van der Waals surface area contributed by atoms with E-state index in [-0.39, 0.29) is 0 Å². The molecule has 17 heavy (non-hydrogen) atoms. The summed E-state index contributed by atoms with van der Waals surface area (Å²) in [4.78, 5) is 4.20. The third kappa shape index (κ3) is 2.11. The quantitative estimate of drug-likeness (QED) is 0.829. The van der Waals surface area contributed by atoms with Gasteiger partial charge in [-0.2, -0.15) is 0 Å². The van der Waals surface area contributed by atoms with E-state index in [9.17, 15) is 0 Å². The van der Waals surface area contributed by atoms with Crippen LogP contribution in [0.15, 0.2) is 36.7 Å². The molecule has 3 N–H and O–H groups in total. The van der Waals surface area contributed by atoms with Gasteiger partial charge in [-0.05, 0) is 36.8 Å². The zero-order chi connectivity index (χ0) is 11.7. The van der Waals surface area contributed by atoms with E-state index >= 15 is 0 Å². The lowest BCUT2D eigenvalue weighted by Crippen LogP contribution is -2.20. The molecule has 3 rings (SSSR count). The fraction of sp³-hybridized carbons (Fsp3) is 0.357. The van der Waals surface area contributed by atoms with Crippen LogP contribution >= 0.6 is 0 Å². The monoisotopic (exact) mass is 227 g/mol. The Labute approximate surface area is 101 Å². The first-order chi connectivity index (χ1) is 8.33. The van der Waals surface area contributed by atoms with Gasteiger partial charge in [0.2, 0.25) is 0 Å². The summed E-state index contributed by atoms with van der Waals surface area (Å²) in [5.41, 5.74) is 7.11. The van der Waals surface area contributed by atoms with Crippen molar-refractivity contribution < 1.29 is 0 Å². The number of fused-ring (bicyclic) bond motifs is 1. The van der Waals surface area contributed by atoms with E-state index in [0.717, 1.165) is 19.3 Å². The van der Waals surface area contributed by atoms with Gasteiger partial charge in [0, 0.05) is 35.6 Å². The lowest BCUT2D eigenvalue weighted by molar-refractivity contribution is 0.688. The molecule has 0 aliphatic heterocycles. The van der Waals surface area contributed by atoms with Crippen LogP contribution in [0.4, 0.5) is 5.69 Å². The molecular formula is C14H17N3. The van der Waals surface area contributed by atoms with Gasteiger partial charge in [-0.25, -0.2) is 0 Å². The molecule has 1 fully saturated rings. The number of pyridine rings is 1. The van der Waals surface area contributed by atoms with Crippen LogP contribution in [-0.4, -0.2) is 17.1 Å². The summed E-state index contributed by atoms with van der Waals surface area (Å²) < 4.78 is 0. The Hall–Kier alpha value is -1.61. The molecule has 3 heteroatoms. The summed E-state index contributed by atoms with van der Waals surface area (Å²) in [6.45, 7) is 0. The minimum absolute atomic E-state index is 0.362. The van der Waals surface area contributed by atoms with E-state index in [2.05, 4.69) is 28.5 Å². The number of anilines is 1. The van der Waals surface area contributed by atoms with E-state index in [4.69, 9.17) is 5.73 Å². The highest BCUT2D eigenvalue weighted by molar-refractivity contribution is 5.93. The first kappa shape index (κ1) is 10.5. The number of nitrogens with zero attached hydrogens (tertiary/aromatic N) is 1. The summed E-state index contributed by atoms with van der Waals surface area (Å²) in [5.74, 6) is 0. The van der Waals surface area contributed by atoms with Crippen molar-refractivity contribution in [3.63, 3.8) is 0 Å². The van der Waals surface area contributed by atoms with Crippen molar-refractivity contribution in [1.29, 1.82) is 0 Å². The van der Waals surface area contributed by atoms with Crippen LogP contribution in [-0.2, 0) is 0 Å². The summed E-state index contributed by atoms with van der Waals surface area (Å²) in [7, 11) is 0. The molecule has 88 valence electrons. The van der Waals surface area contributed by atoms with Crippen molar-refractivity contribution in [3.8, 4) is 0 Å². The fourth-order valence-electron chi connectivity index (χ4n) is 2.61. The Bertz CT molecular complexity index is 518. The average Bonchev–Trinajstić information content (AvgIpc) is 2.75. The molecule has 0 spiro atoms. The van der Waals surface area contributed by atoms with Crippen LogP contribution in [0, 0.1) is 0 Å². The largest absolute Gasteiger partial charge is 0.382 e. The van der Waals surface area contributed by atoms with Gasteiger partial charge in [0.25, 0.3) is 0 Å². The maximum absolute atomic E-state index is 5.94. The summed E-state index contributed by atoms with van der Waals surface area (Å²) in [5, 5.41) is 6.01. The van der Waals surface area contributed by atoms with E-state index in [1.54, 1.807) is 0 Å². The number of hydrogen-bond acceptors (Lipinski definition) is 3. The van der Waals surface area contributed by atoms with Crippen molar-refractivity contribution in [2.45, 2.75) is 31.3 Å². The Kier molecular flexibility index (Phi) is 2.69. The predicted molar refractivity (Wildman–Crippen MR) is 71.0 cm³/mol. The molecule has 0 saturated heterocycles. The number of nitrogens with one attached hydrogen (secondary N) is 1. The molecule has 1 aliphatic rings. The van der Waals surface area contributed by atoms with Gasteiger partial charge in [0.05, 0.1) is 0 Å². The van der Waals surface area contributed by atoms with Crippen molar-refractivity contribution >= 4 is 16.5 Å². The van der Waals surface area contributed by atoms with Crippen molar-refractivity contribution in [1.82, 2.24) is 4.98 Å². The molecule has 2 unspecified atom stereocenters. The average molecular weight is 227 g/mol. The number of aromatic nitrogens is 1. The second kappa shape index (κ2) is 4.34. The zero-order valence-corrected chi connectivity index (χ0v) is 9.76. The third-order valence-corrected chi connectivity index (χ3v) is 3.52. The van der Waals surface area contributed by atoms with E-state index in [0.29, 0.717) is 12.1 Å². The molecule has 0 amide bonds. The first-order valence-corrected chi connectivity index (χ1v) is 6.18. The van der Waals surface area contributed by atoms with Crippen molar-refractivity contribution in [3.05, 3.63) is 36.7 Å². The normalized spacial score (nSPS) is 24.1. The topological polar surface area (TPSA) is 50.9 Å². The molecule has 1 saturated carbocycles. The Morgan fingerprint density at radius 1 is 1.24 bits per heavy atom. The van der Waals surface area contributed by atoms with Crippen LogP contribution in [0.2, 0.25) is 0 Å².